The van der Waals surface area contributed by atoms with E-state index in [0.29, 0.717) is 0 Å². The molecule has 3 heteroatoms. The van der Waals surface area contributed by atoms with Gasteiger partial charge in [0.15, 0.2) is 0 Å². The molecule has 0 bridgehead atoms. The Morgan fingerprint density at radius 3 is 2.61 bits per heavy atom. The van der Waals surface area contributed by atoms with Crippen molar-refractivity contribution < 1.29 is 0 Å². The Hall–Kier alpha value is -1.61. The van der Waals surface area contributed by atoms with Crippen LogP contribution in [-0.2, 0) is 5.54 Å². The van der Waals surface area contributed by atoms with Crippen molar-refractivity contribution in [3.63, 3.8) is 0 Å². The van der Waals surface area contributed by atoms with Crippen LogP contribution in [0.3, 0.4) is 0 Å². The maximum atomic E-state index is 4.55. The molecule has 2 heterocycles. The summed E-state index contributed by atoms with van der Waals surface area (Å²) in [7, 11) is 0. The van der Waals surface area contributed by atoms with E-state index < -0.39 is 0 Å². The summed E-state index contributed by atoms with van der Waals surface area (Å²) < 4.78 is 2.35. The fraction of sp³-hybridized carbons (Fsp3) is 0.400. The van der Waals surface area contributed by atoms with E-state index >= 15 is 0 Å². The van der Waals surface area contributed by atoms with Crippen molar-refractivity contribution in [1.29, 1.82) is 0 Å². The minimum atomic E-state index is 0.187. The molecule has 0 radical (unpaired) electrons. The number of hydrogen-bond donors (Lipinski definition) is 1. The minimum Gasteiger partial charge on any atom is -0.325 e. The first kappa shape index (κ1) is 11.5. The number of nitrogens with one attached hydrogen (secondary N) is 1. The number of nitrogens with zero attached hydrogens (tertiary/aromatic N) is 2. The van der Waals surface area contributed by atoms with Gasteiger partial charge < -0.3 is 9.88 Å². The maximum Gasteiger partial charge on any atom is 0.140 e. The third kappa shape index (κ3) is 1.95. The molecule has 3 nitrogen and oxygen atoms in total. The minimum absolute atomic E-state index is 0.187. The van der Waals surface area contributed by atoms with Crippen LogP contribution < -0.4 is 5.32 Å². The molecule has 18 heavy (non-hydrogen) atoms. The standard InChI is InChI=1S/C15H19N3/c1-15(7-9-16-10-8-15)18-12-11-17-14(18)13-5-3-2-4-6-13/h2-6,11-12,16H,7-10H2,1H3. The average molecular weight is 241 g/mol. The summed E-state index contributed by atoms with van der Waals surface area (Å²) >= 11 is 0. The zero-order chi connectivity index (χ0) is 12.4. The predicted octanol–water partition coefficient (Wildman–Crippen LogP) is 2.65. The first-order chi connectivity index (χ1) is 8.80. The monoisotopic (exact) mass is 241 g/mol. The van der Waals surface area contributed by atoms with Crippen LogP contribution in [0, 0.1) is 0 Å². The summed E-state index contributed by atoms with van der Waals surface area (Å²) in [5.74, 6) is 1.08. The predicted molar refractivity (Wildman–Crippen MR) is 73.4 cm³/mol. The average Bonchev–Trinajstić information content (AvgIpc) is 2.91. The molecule has 94 valence electrons. The van der Waals surface area contributed by atoms with Gasteiger partial charge in [0.25, 0.3) is 0 Å². The van der Waals surface area contributed by atoms with Crippen molar-refractivity contribution in [2.24, 2.45) is 0 Å². The second-order valence-electron chi connectivity index (χ2n) is 5.23. The summed E-state index contributed by atoms with van der Waals surface area (Å²) in [6.45, 7) is 4.51. The van der Waals surface area contributed by atoms with Crippen molar-refractivity contribution in [3.8, 4) is 11.4 Å². The van der Waals surface area contributed by atoms with Gasteiger partial charge in [-0.2, -0.15) is 0 Å². The molecular formula is C15H19N3. The number of piperidine rings is 1. The Balaban J connectivity index is 2.01. The highest BCUT2D eigenvalue weighted by Gasteiger charge is 2.30. The van der Waals surface area contributed by atoms with Crippen molar-refractivity contribution in [2.75, 3.05) is 13.1 Å². The van der Waals surface area contributed by atoms with Gasteiger partial charge in [-0.25, -0.2) is 4.98 Å². The number of aromatic nitrogens is 2. The van der Waals surface area contributed by atoms with Gasteiger partial charge in [-0.1, -0.05) is 30.3 Å². The molecule has 2 aromatic rings. The molecule has 1 aromatic heterocycles. The summed E-state index contributed by atoms with van der Waals surface area (Å²) in [6.07, 6.45) is 6.34. The maximum absolute atomic E-state index is 4.55. The van der Waals surface area contributed by atoms with Crippen LogP contribution in [0.1, 0.15) is 19.8 Å². The summed E-state index contributed by atoms with van der Waals surface area (Å²) in [6, 6.07) is 10.4. The third-order valence-electron chi connectivity index (χ3n) is 3.94. The largest absolute Gasteiger partial charge is 0.325 e. The lowest BCUT2D eigenvalue weighted by Crippen LogP contribution is -2.41. The molecule has 1 aliphatic rings. The number of imidazole rings is 1. The lowest BCUT2D eigenvalue weighted by atomic mass is 9.90. The molecular weight excluding hydrogens is 222 g/mol. The molecule has 0 aliphatic carbocycles. The number of rotatable bonds is 2. The molecule has 0 unspecified atom stereocenters. The van der Waals surface area contributed by atoms with E-state index in [0.717, 1.165) is 31.8 Å². The van der Waals surface area contributed by atoms with E-state index in [9.17, 15) is 0 Å². The molecule has 3 rings (SSSR count). The highest BCUT2D eigenvalue weighted by molar-refractivity contribution is 5.55. The van der Waals surface area contributed by atoms with Gasteiger partial charge in [-0.15, -0.1) is 0 Å². The topological polar surface area (TPSA) is 29.9 Å². The van der Waals surface area contributed by atoms with Crippen LogP contribution in [0.25, 0.3) is 11.4 Å². The normalized spacial score (nSPS) is 18.7. The molecule has 0 amide bonds. The highest BCUT2D eigenvalue weighted by Crippen LogP contribution is 2.31. The quantitative estimate of drug-likeness (QED) is 0.876. The molecule has 1 N–H and O–H groups in total. The van der Waals surface area contributed by atoms with Crippen LogP contribution in [0.4, 0.5) is 0 Å². The van der Waals surface area contributed by atoms with Crippen molar-refractivity contribution >= 4 is 0 Å². The van der Waals surface area contributed by atoms with E-state index in [1.807, 2.05) is 12.3 Å². The van der Waals surface area contributed by atoms with Gasteiger partial charge in [0.1, 0.15) is 5.82 Å². The zero-order valence-corrected chi connectivity index (χ0v) is 10.8. The first-order valence-electron chi connectivity index (χ1n) is 6.60. The summed E-state index contributed by atoms with van der Waals surface area (Å²) in [5.41, 5.74) is 1.38. The summed E-state index contributed by atoms with van der Waals surface area (Å²) in [4.78, 5) is 4.55. The van der Waals surface area contributed by atoms with E-state index in [-0.39, 0.29) is 5.54 Å². The number of hydrogen-bond acceptors (Lipinski definition) is 2. The van der Waals surface area contributed by atoms with E-state index in [2.05, 4.69) is 52.3 Å². The van der Waals surface area contributed by atoms with Gasteiger partial charge in [0.05, 0.1) is 0 Å². The Morgan fingerprint density at radius 1 is 1.17 bits per heavy atom. The molecule has 1 fully saturated rings. The van der Waals surface area contributed by atoms with Crippen LogP contribution in [0.15, 0.2) is 42.7 Å². The molecule has 1 aromatic carbocycles. The second-order valence-corrected chi connectivity index (χ2v) is 5.23. The van der Waals surface area contributed by atoms with Gasteiger partial charge in [0, 0.05) is 23.5 Å². The Labute approximate surface area is 108 Å². The Kier molecular flexibility index (Phi) is 2.92. The lowest BCUT2D eigenvalue weighted by Gasteiger charge is -2.36. The molecule has 0 spiro atoms. The molecule has 0 atom stereocenters. The molecule has 1 saturated heterocycles. The van der Waals surface area contributed by atoms with E-state index in [4.69, 9.17) is 0 Å². The molecule has 1 aliphatic heterocycles. The third-order valence-corrected chi connectivity index (χ3v) is 3.94. The van der Waals surface area contributed by atoms with E-state index in [1.54, 1.807) is 0 Å². The molecule has 0 saturated carbocycles. The SMILES string of the molecule is CC1(n2ccnc2-c2ccccc2)CCNCC1. The first-order valence-corrected chi connectivity index (χ1v) is 6.60. The van der Waals surface area contributed by atoms with Gasteiger partial charge in [-0.05, 0) is 32.9 Å². The lowest BCUT2D eigenvalue weighted by molar-refractivity contribution is 0.233. The Bertz CT molecular complexity index is 510. The van der Waals surface area contributed by atoms with Gasteiger partial charge in [-0.3, -0.25) is 0 Å². The van der Waals surface area contributed by atoms with Crippen LogP contribution >= 0.6 is 0 Å². The van der Waals surface area contributed by atoms with Crippen LogP contribution in [-0.4, -0.2) is 22.6 Å². The number of benzene rings is 1. The Morgan fingerprint density at radius 2 is 1.89 bits per heavy atom. The van der Waals surface area contributed by atoms with Crippen molar-refractivity contribution in [2.45, 2.75) is 25.3 Å². The second kappa shape index (κ2) is 4.58. The fourth-order valence-electron chi connectivity index (χ4n) is 2.75. The smallest absolute Gasteiger partial charge is 0.140 e. The van der Waals surface area contributed by atoms with Crippen molar-refractivity contribution in [3.05, 3.63) is 42.7 Å². The van der Waals surface area contributed by atoms with Gasteiger partial charge >= 0.3 is 0 Å². The van der Waals surface area contributed by atoms with Crippen molar-refractivity contribution in [1.82, 2.24) is 14.9 Å². The zero-order valence-electron chi connectivity index (χ0n) is 10.8. The fourth-order valence-corrected chi connectivity index (χ4v) is 2.75. The van der Waals surface area contributed by atoms with Crippen LogP contribution in [0.2, 0.25) is 0 Å². The van der Waals surface area contributed by atoms with Crippen LogP contribution in [0.5, 0.6) is 0 Å². The highest BCUT2D eigenvalue weighted by atomic mass is 15.1. The summed E-state index contributed by atoms with van der Waals surface area (Å²) in [5, 5.41) is 3.43. The van der Waals surface area contributed by atoms with E-state index in [1.165, 1.54) is 5.56 Å². The van der Waals surface area contributed by atoms with Gasteiger partial charge in [0.2, 0.25) is 0 Å².